The molecular weight excluding hydrogens is 234 g/mol. The minimum absolute atomic E-state index is 0.168. The van der Waals surface area contributed by atoms with Gasteiger partial charge in [0, 0.05) is 11.3 Å². The molecule has 2 aromatic carbocycles. The first kappa shape index (κ1) is 10.4. The largest absolute Gasteiger partial charge is 0.373 e. The van der Waals surface area contributed by atoms with E-state index in [1.165, 1.54) is 16.9 Å². The highest BCUT2D eigenvalue weighted by Gasteiger charge is 2.28. The van der Waals surface area contributed by atoms with Gasteiger partial charge in [0.15, 0.2) is 0 Å². The van der Waals surface area contributed by atoms with E-state index >= 15 is 0 Å². The summed E-state index contributed by atoms with van der Waals surface area (Å²) in [5.41, 5.74) is 4.81. The molecule has 3 aromatic rings. The van der Waals surface area contributed by atoms with Crippen molar-refractivity contribution >= 4 is 5.69 Å². The van der Waals surface area contributed by atoms with Crippen molar-refractivity contribution in [2.75, 3.05) is 5.32 Å². The number of nitrogens with one attached hydrogen (secondary N) is 1. The zero-order valence-corrected chi connectivity index (χ0v) is 10.3. The van der Waals surface area contributed by atoms with Crippen molar-refractivity contribution in [3.05, 3.63) is 78.4 Å². The number of hydrogen-bond acceptors (Lipinski definition) is 2. The fraction of sp³-hybridized carbons (Fsp3) is 0.0625. The molecule has 0 radical (unpaired) electrons. The summed E-state index contributed by atoms with van der Waals surface area (Å²) in [6.45, 7) is 0. The molecule has 0 aliphatic carbocycles. The van der Waals surface area contributed by atoms with Gasteiger partial charge in [0.1, 0.15) is 0 Å². The number of anilines is 1. The third kappa shape index (κ3) is 1.55. The third-order valence-corrected chi connectivity index (χ3v) is 3.55. The van der Waals surface area contributed by atoms with Gasteiger partial charge in [-0.25, -0.2) is 4.98 Å². The molecule has 3 heteroatoms. The molecule has 0 saturated heterocycles. The van der Waals surface area contributed by atoms with Crippen molar-refractivity contribution in [2.45, 2.75) is 6.04 Å². The molecular formula is C16H13N3. The van der Waals surface area contributed by atoms with Gasteiger partial charge in [-0.05, 0) is 18.2 Å². The number of aromatic nitrogens is 2. The van der Waals surface area contributed by atoms with Crippen LogP contribution in [0.25, 0.3) is 5.69 Å². The molecule has 1 aromatic heterocycles. The summed E-state index contributed by atoms with van der Waals surface area (Å²) >= 11 is 0. The van der Waals surface area contributed by atoms with E-state index in [0.717, 1.165) is 5.69 Å². The first-order valence-corrected chi connectivity index (χ1v) is 6.36. The van der Waals surface area contributed by atoms with Crippen molar-refractivity contribution < 1.29 is 0 Å². The highest BCUT2D eigenvalue weighted by molar-refractivity contribution is 5.58. The first-order valence-electron chi connectivity index (χ1n) is 6.36. The molecule has 0 bridgehead atoms. The van der Waals surface area contributed by atoms with E-state index in [1.54, 1.807) is 0 Å². The Kier molecular flexibility index (Phi) is 2.18. The number of hydrogen-bond donors (Lipinski definition) is 1. The molecule has 0 amide bonds. The molecule has 0 fully saturated rings. The van der Waals surface area contributed by atoms with Crippen molar-refractivity contribution in [2.24, 2.45) is 0 Å². The quantitative estimate of drug-likeness (QED) is 0.752. The van der Waals surface area contributed by atoms with Crippen molar-refractivity contribution in [1.82, 2.24) is 9.55 Å². The standard InChI is InChI=1S/C16H13N3/c1-2-6-12(7-3-1)18-16-13-8-4-5-9-14(13)19-11-17-10-15(16)19/h1-11,16,18H. The molecule has 1 unspecified atom stereocenters. The summed E-state index contributed by atoms with van der Waals surface area (Å²) in [7, 11) is 0. The number of para-hydroxylation sites is 2. The molecule has 0 saturated carbocycles. The van der Waals surface area contributed by atoms with Crippen LogP contribution in [0.5, 0.6) is 0 Å². The van der Waals surface area contributed by atoms with Gasteiger partial charge in [-0.1, -0.05) is 36.4 Å². The molecule has 92 valence electrons. The summed E-state index contributed by atoms with van der Waals surface area (Å²) in [6.07, 6.45) is 3.81. The van der Waals surface area contributed by atoms with Crippen LogP contribution in [-0.4, -0.2) is 9.55 Å². The Labute approximate surface area is 111 Å². The van der Waals surface area contributed by atoms with Crippen molar-refractivity contribution in [3.63, 3.8) is 0 Å². The average molecular weight is 247 g/mol. The molecule has 3 nitrogen and oxygen atoms in total. The van der Waals surface area contributed by atoms with E-state index in [-0.39, 0.29) is 6.04 Å². The fourth-order valence-electron chi connectivity index (χ4n) is 2.68. The molecule has 1 N–H and O–H groups in total. The maximum atomic E-state index is 4.26. The number of fused-ring (bicyclic) bond motifs is 3. The van der Waals surface area contributed by atoms with Gasteiger partial charge in [-0.3, -0.25) is 0 Å². The second-order valence-electron chi connectivity index (χ2n) is 4.69. The fourth-order valence-corrected chi connectivity index (χ4v) is 2.68. The zero-order valence-electron chi connectivity index (χ0n) is 10.3. The van der Waals surface area contributed by atoms with Gasteiger partial charge in [-0.2, -0.15) is 0 Å². The SMILES string of the molecule is c1ccc(NC2c3ccccc3-n3cncc32)cc1. The number of rotatable bonds is 2. The maximum absolute atomic E-state index is 4.26. The summed E-state index contributed by atoms with van der Waals surface area (Å²) in [6, 6.07) is 18.9. The number of imidazole rings is 1. The van der Waals surface area contributed by atoms with Gasteiger partial charge in [-0.15, -0.1) is 0 Å². The van der Waals surface area contributed by atoms with Gasteiger partial charge >= 0.3 is 0 Å². The summed E-state index contributed by atoms with van der Waals surface area (Å²) in [5.74, 6) is 0. The van der Waals surface area contributed by atoms with Crippen molar-refractivity contribution in [1.29, 1.82) is 0 Å². The molecule has 4 rings (SSSR count). The third-order valence-electron chi connectivity index (χ3n) is 3.55. The summed E-state index contributed by atoms with van der Waals surface area (Å²) in [4.78, 5) is 4.26. The lowest BCUT2D eigenvalue weighted by molar-refractivity contribution is 0.924. The van der Waals surface area contributed by atoms with Gasteiger partial charge in [0.25, 0.3) is 0 Å². The molecule has 1 aliphatic rings. The lowest BCUT2D eigenvalue weighted by atomic mass is 10.1. The Bertz CT molecular complexity index is 716. The Morgan fingerprint density at radius 3 is 2.63 bits per heavy atom. The Morgan fingerprint density at radius 1 is 0.947 bits per heavy atom. The topological polar surface area (TPSA) is 29.9 Å². The molecule has 2 heterocycles. The predicted octanol–water partition coefficient (Wildman–Crippen LogP) is 3.39. The van der Waals surface area contributed by atoms with Crippen LogP contribution >= 0.6 is 0 Å². The molecule has 0 spiro atoms. The van der Waals surface area contributed by atoms with Crippen LogP contribution in [0.15, 0.2) is 67.1 Å². The van der Waals surface area contributed by atoms with Crippen LogP contribution in [0, 0.1) is 0 Å². The van der Waals surface area contributed by atoms with Crippen LogP contribution in [0.3, 0.4) is 0 Å². The van der Waals surface area contributed by atoms with E-state index in [2.05, 4.69) is 51.3 Å². The molecule has 1 aliphatic heterocycles. The van der Waals surface area contributed by atoms with Gasteiger partial charge < -0.3 is 9.88 Å². The maximum Gasteiger partial charge on any atom is 0.0995 e. The van der Waals surface area contributed by atoms with E-state index in [1.807, 2.05) is 30.7 Å². The smallest absolute Gasteiger partial charge is 0.0995 e. The lowest BCUT2D eigenvalue weighted by Crippen LogP contribution is -2.09. The summed E-state index contributed by atoms with van der Waals surface area (Å²) in [5, 5.41) is 3.58. The normalized spacial score (nSPS) is 15.9. The van der Waals surface area contributed by atoms with Crippen LogP contribution in [-0.2, 0) is 0 Å². The Morgan fingerprint density at radius 2 is 1.74 bits per heavy atom. The second-order valence-corrected chi connectivity index (χ2v) is 4.69. The molecule has 1 atom stereocenters. The van der Waals surface area contributed by atoms with Crippen LogP contribution in [0.4, 0.5) is 5.69 Å². The molecule has 19 heavy (non-hydrogen) atoms. The van der Waals surface area contributed by atoms with E-state index in [9.17, 15) is 0 Å². The second kappa shape index (κ2) is 3.99. The van der Waals surface area contributed by atoms with Crippen molar-refractivity contribution in [3.8, 4) is 5.69 Å². The highest BCUT2D eigenvalue weighted by atomic mass is 15.1. The first-order chi connectivity index (χ1) is 9.43. The monoisotopic (exact) mass is 247 g/mol. The number of benzene rings is 2. The van der Waals surface area contributed by atoms with Crippen LogP contribution < -0.4 is 5.32 Å². The minimum Gasteiger partial charge on any atom is -0.373 e. The van der Waals surface area contributed by atoms with Gasteiger partial charge in [0.05, 0.1) is 29.9 Å². The number of nitrogens with zero attached hydrogens (tertiary/aromatic N) is 2. The Hall–Kier alpha value is -2.55. The lowest BCUT2D eigenvalue weighted by Gasteiger charge is -2.15. The predicted molar refractivity (Wildman–Crippen MR) is 75.5 cm³/mol. The van der Waals surface area contributed by atoms with E-state index < -0.39 is 0 Å². The Balaban J connectivity index is 1.81. The highest BCUT2D eigenvalue weighted by Crippen LogP contribution is 2.37. The minimum atomic E-state index is 0.168. The van der Waals surface area contributed by atoms with E-state index in [4.69, 9.17) is 0 Å². The van der Waals surface area contributed by atoms with Crippen LogP contribution in [0.2, 0.25) is 0 Å². The van der Waals surface area contributed by atoms with Crippen LogP contribution in [0.1, 0.15) is 17.3 Å². The zero-order chi connectivity index (χ0) is 12.7. The average Bonchev–Trinajstić information content (AvgIpc) is 3.04. The van der Waals surface area contributed by atoms with Gasteiger partial charge in [0.2, 0.25) is 0 Å². The summed E-state index contributed by atoms with van der Waals surface area (Å²) < 4.78 is 2.15. The van der Waals surface area contributed by atoms with E-state index in [0.29, 0.717) is 0 Å².